The van der Waals surface area contributed by atoms with E-state index in [4.69, 9.17) is 28.4 Å². The molecule has 1 aliphatic heterocycles. The number of nitrogens with one attached hydrogen (secondary N) is 2. The standard InChI is InChI=1S/C36H59N7O29P6/c1-26-24-43(36(47)38-35(26)46)33-23-30(44)31(67-33)25-66-74(50,51)69-76(54,55)71-78(58,59)72-77(56,57)70-75(52,53)68-73(48,49)65-13-6-4-3-5-12-37-32(45)11-14-60-15-16-61-17-18-62-19-20-63-21-22-64-29-9-7-28(8-10-29)34-41-39-27(2)40-42-34/h7-10,24,30-31,33,44H,3-6,11-23,25H2,1-2H3,(H,37,45)(H,48,49)(H,50,51)(H,52,53)(H,54,55)(H,56,57)(H,58,59)(H,38,46,47)/p-6/t30-,31-,33-/m1/s1. The van der Waals surface area contributed by atoms with E-state index in [0.29, 0.717) is 69.9 Å². The first kappa shape index (κ1) is 67.2. The first-order chi connectivity index (χ1) is 36.5. The first-order valence-corrected chi connectivity index (χ1v) is 31.5. The molecule has 78 heavy (non-hydrogen) atoms. The summed E-state index contributed by atoms with van der Waals surface area (Å²) in [6.45, 7) is 3.98. The number of aromatic nitrogens is 6. The second-order valence-corrected chi connectivity index (χ2v) is 24.9. The number of aliphatic hydroxyl groups excluding tert-OH is 1. The molecule has 2 aromatic heterocycles. The van der Waals surface area contributed by atoms with Crippen molar-refractivity contribution in [1.82, 2.24) is 35.3 Å². The van der Waals surface area contributed by atoms with Crippen LogP contribution in [-0.4, -0.2) is 132 Å². The van der Waals surface area contributed by atoms with Gasteiger partial charge in [-0.25, -0.2) is 26.3 Å². The van der Waals surface area contributed by atoms with E-state index in [1.54, 1.807) is 31.2 Å². The van der Waals surface area contributed by atoms with Gasteiger partial charge in [-0.1, -0.05) is 12.8 Å². The molecule has 3 N–H and O–H groups in total. The number of amides is 1. The molecule has 3 aromatic rings. The van der Waals surface area contributed by atoms with Gasteiger partial charge in [-0.05, 0) is 51.0 Å². The Labute approximate surface area is 442 Å². The van der Waals surface area contributed by atoms with Crippen LogP contribution in [-0.2, 0) is 86.5 Å². The number of carbonyl (C=O) groups is 1. The molecule has 36 nitrogen and oxygen atoms in total. The molecule has 9 atom stereocenters. The molecule has 3 heterocycles. The van der Waals surface area contributed by atoms with Gasteiger partial charge in [-0.15, -0.1) is 20.4 Å². The first-order valence-electron chi connectivity index (χ1n) is 22.8. The second kappa shape index (κ2) is 31.8. The minimum atomic E-state index is -6.96. The van der Waals surface area contributed by atoms with E-state index in [9.17, 15) is 76.2 Å². The van der Waals surface area contributed by atoms with Crippen LogP contribution in [0.15, 0.2) is 40.1 Å². The third-order valence-corrected chi connectivity index (χ3v) is 18.4. The summed E-state index contributed by atoms with van der Waals surface area (Å²) < 4.78 is 131. The normalized spacial score (nSPS) is 20.3. The number of nitrogens with zero attached hydrogens (tertiary/aromatic N) is 5. The van der Waals surface area contributed by atoms with Crippen molar-refractivity contribution < 1.29 is 126 Å². The fourth-order valence-electron chi connectivity index (χ4n) is 6.03. The Morgan fingerprint density at radius 2 is 1.15 bits per heavy atom. The van der Waals surface area contributed by atoms with Gasteiger partial charge >= 0.3 is 5.69 Å². The average molecular weight is 1230 g/mol. The van der Waals surface area contributed by atoms with Crippen LogP contribution in [0, 0.1) is 13.8 Å². The number of unbranched alkanes of at least 4 members (excludes halogenated alkanes) is 3. The average Bonchev–Trinajstić information content (AvgIpc) is 3.69. The molecule has 0 saturated carbocycles. The topological polar surface area (TPSA) is 517 Å². The maximum Gasteiger partial charge on any atom is 0.330 e. The molecular weight excluding hydrogens is 1180 g/mol. The minimum absolute atomic E-state index is 0.0444. The number of aliphatic hydroxyl groups is 1. The molecule has 0 bridgehead atoms. The van der Waals surface area contributed by atoms with Gasteiger partial charge < -0.3 is 77.3 Å². The number of hydrogen-bond acceptors (Lipinski definition) is 33. The molecule has 0 spiro atoms. The zero-order valence-electron chi connectivity index (χ0n) is 41.1. The summed E-state index contributed by atoms with van der Waals surface area (Å²) in [6, 6.07) is 7.17. The SMILES string of the molecule is Cc1nnc(-c2ccc(OCCOCCOCCOCCOCCC(=O)NCCCCCCOP(=O)([O-])OP(=O)([O-])OP(=O)([O-])OP(=O)([O-])OP(=O)([O-])OP(=O)([O-])OC[C@H]3O[C@@H](n4cc(C)c(=O)[nH]c4=O)C[C@H]3O)cc2)nn1. The van der Waals surface area contributed by atoms with E-state index in [1.807, 2.05) is 4.98 Å². The molecule has 42 heteroatoms. The third-order valence-electron chi connectivity index (χ3n) is 9.48. The quantitative estimate of drug-likeness (QED) is 0.0418. The molecule has 0 radical (unpaired) electrons. The van der Waals surface area contributed by atoms with Gasteiger partial charge in [-0.2, -0.15) is 0 Å². The van der Waals surface area contributed by atoms with E-state index < -0.39 is 89.8 Å². The smallest absolute Gasteiger partial charge is 0.330 e. The summed E-state index contributed by atoms with van der Waals surface area (Å²) in [7, 11) is -39.5. The maximum absolute atomic E-state index is 12.1. The molecule has 1 aliphatic rings. The lowest BCUT2D eigenvalue weighted by Crippen LogP contribution is -2.33. The molecule has 1 fully saturated rings. The fourth-order valence-corrected chi connectivity index (χ4v) is 13.5. The predicted molar refractivity (Wildman–Crippen MR) is 246 cm³/mol. The number of benzene rings is 1. The Balaban J connectivity index is 0.966. The van der Waals surface area contributed by atoms with Crippen molar-refractivity contribution in [2.45, 2.75) is 70.8 Å². The van der Waals surface area contributed by atoms with Gasteiger partial charge in [0.15, 0.2) is 5.82 Å². The van der Waals surface area contributed by atoms with E-state index >= 15 is 0 Å². The Morgan fingerprint density at radius 3 is 1.71 bits per heavy atom. The number of carbonyl (C=O) groups excluding carboxylic acids is 1. The molecule has 6 unspecified atom stereocenters. The molecule has 4 rings (SSSR count). The van der Waals surface area contributed by atoms with Crippen molar-refractivity contribution >= 4 is 52.8 Å². The van der Waals surface area contributed by atoms with Crippen LogP contribution in [0.1, 0.15) is 56.1 Å². The van der Waals surface area contributed by atoms with Crippen LogP contribution >= 0.6 is 46.9 Å². The summed E-state index contributed by atoms with van der Waals surface area (Å²) in [4.78, 5) is 110. The molecule has 0 aliphatic carbocycles. The van der Waals surface area contributed by atoms with Crippen molar-refractivity contribution in [3.8, 4) is 17.1 Å². The highest BCUT2D eigenvalue weighted by Gasteiger charge is 2.38. The largest absolute Gasteiger partial charge is 0.756 e. The predicted octanol–water partition coefficient (Wildman–Crippen LogP) is -1.81. The van der Waals surface area contributed by atoms with E-state index in [1.165, 1.54) is 6.92 Å². The molecular formula is C36H53N7O29P6-6. The van der Waals surface area contributed by atoms with Gasteiger partial charge in [-0.3, -0.25) is 46.5 Å². The highest BCUT2D eigenvalue weighted by Crippen LogP contribution is 2.70. The lowest BCUT2D eigenvalue weighted by molar-refractivity contribution is -0.256. The van der Waals surface area contributed by atoms with Crippen molar-refractivity contribution in [3.63, 3.8) is 0 Å². The molecule has 442 valence electrons. The zero-order chi connectivity index (χ0) is 57.6. The molecule has 1 amide bonds. The van der Waals surface area contributed by atoms with Crippen LogP contribution in [0.3, 0.4) is 0 Å². The Bertz CT molecular complexity index is 2800. The zero-order valence-corrected chi connectivity index (χ0v) is 46.5. The number of phosphoric acid groups is 6. The summed E-state index contributed by atoms with van der Waals surface area (Å²) in [5, 5.41) is 28.6. The summed E-state index contributed by atoms with van der Waals surface area (Å²) in [5.41, 5.74) is -0.910. The lowest BCUT2D eigenvalue weighted by atomic mass is 10.2. The second-order valence-electron chi connectivity index (χ2n) is 15.7. The summed E-state index contributed by atoms with van der Waals surface area (Å²) in [5.74, 6) is 1.23. The van der Waals surface area contributed by atoms with Gasteiger partial charge in [0, 0.05) is 36.7 Å². The monoisotopic (exact) mass is 1230 g/mol. The number of rotatable bonds is 39. The van der Waals surface area contributed by atoms with Gasteiger partial charge in [0.1, 0.15) is 24.7 Å². The number of aromatic amines is 1. The highest BCUT2D eigenvalue weighted by molar-refractivity contribution is 7.71. The number of ether oxygens (including phenoxy) is 6. The lowest BCUT2D eigenvalue weighted by Gasteiger charge is -2.38. The van der Waals surface area contributed by atoms with Crippen molar-refractivity contribution in [1.29, 1.82) is 0 Å². The van der Waals surface area contributed by atoms with Crippen molar-refractivity contribution in [2.75, 3.05) is 79.2 Å². The minimum Gasteiger partial charge on any atom is -0.756 e. The fraction of sp³-hybridized carbons (Fsp3) is 0.639. The number of aryl methyl sites for hydroxylation is 2. The van der Waals surface area contributed by atoms with Crippen LogP contribution in [0.4, 0.5) is 0 Å². The number of H-pyrrole nitrogens is 1. The van der Waals surface area contributed by atoms with Crippen molar-refractivity contribution in [3.05, 3.63) is 62.7 Å². The van der Waals surface area contributed by atoms with E-state index in [-0.39, 0.29) is 63.5 Å². The van der Waals surface area contributed by atoms with Gasteiger partial charge in [0.2, 0.25) is 11.7 Å². The van der Waals surface area contributed by atoms with E-state index in [0.717, 1.165) is 16.3 Å². The van der Waals surface area contributed by atoms with E-state index in [2.05, 4.69) is 56.3 Å². The van der Waals surface area contributed by atoms with Crippen LogP contribution in [0.25, 0.3) is 11.4 Å². The van der Waals surface area contributed by atoms with Gasteiger partial charge in [0.05, 0.1) is 72.2 Å². The Morgan fingerprint density at radius 1 is 0.667 bits per heavy atom. The third kappa shape index (κ3) is 26.5. The van der Waals surface area contributed by atoms with Crippen molar-refractivity contribution in [2.24, 2.45) is 0 Å². The molecule has 1 saturated heterocycles. The van der Waals surface area contributed by atoms with Crippen LogP contribution in [0.5, 0.6) is 5.75 Å². The maximum atomic E-state index is 12.1. The highest BCUT2D eigenvalue weighted by atomic mass is 31.3. The number of phosphoric ester groups is 2. The van der Waals surface area contributed by atoms with Crippen LogP contribution in [0.2, 0.25) is 0 Å². The Hall–Kier alpha value is -3.27. The van der Waals surface area contributed by atoms with Crippen LogP contribution < -0.4 is 50.7 Å². The summed E-state index contributed by atoms with van der Waals surface area (Å²) >= 11 is 0. The Kier molecular flexibility index (Phi) is 27.4. The molecule has 1 aromatic carbocycles. The summed E-state index contributed by atoms with van der Waals surface area (Å²) in [6.07, 6.45) is -2.70. The number of hydrogen-bond donors (Lipinski definition) is 3. The van der Waals surface area contributed by atoms with Gasteiger partial charge in [0.25, 0.3) is 52.5 Å².